The van der Waals surface area contributed by atoms with Crippen molar-refractivity contribution in [3.05, 3.63) is 10.6 Å². The molecule has 94 valence electrons. The van der Waals surface area contributed by atoms with Crippen molar-refractivity contribution in [3.8, 4) is 0 Å². The van der Waals surface area contributed by atoms with Crippen molar-refractivity contribution in [1.29, 1.82) is 0 Å². The zero-order valence-corrected chi connectivity index (χ0v) is 11.0. The molecule has 1 aromatic heterocycles. The van der Waals surface area contributed by atoms with Gasteiger partial charge in [0, 0.05) is 30.8 Å². The Kier molecular flexibility index (Phi) is 4.50. The molecule has 4 nitrogen and oxygen atoms in total. The Morgan fingerprint density at radius 3 is 3.18 bits per heavy atom. The molecule has 5 heteroatoms. The van der Waals surface area contributed by atoms with Crippen LogP contribution >= 0.6 is 11.3 Å². The second kappa shape index (κ2) is 6.12. The molecule has 2 rings (SSSR count). The van der Waals surface area contributed by atoms with E-state index in [2.05, 4.69) is 22.5 Å². The molecule has 17 heavy (non-hydrogen) atoms. The fourth-order valence-electron chi connectivity index (χ4n) is 1.90. The van der Waals surface area contributed by atoms with E-state index < -0.39 is 0 Å². The highest BCUT2D eigenvalue weighted by Crippen LogP contribution is 2.25. The first-order valence-electron chi connectivity index (χ1n) is 6.28. The first-order valence-corrected chi connectivity index (χ1v) is 7.10. The highest BCUT2D eigenvalue weighted by molar-refractivity contribution is 7.15. The standard InChI is InChI=1S/C12H19N3OS/c1-2-3-4-5-11(16)15-12-14-9-6-7-13-8-10(9)17-12/h13H,2-8H2,1H3,(H,14,15,16). The van der Waals surface area contributed by atoms with E-state index in [1.54, 1.807) is 11.3 Å². The van der Waals surface area contributed by atoms with Gasteiger partial charge in [0.1, 0.15) is 0 Å². The second-order valence-corrected chi connectivity index (χ2v) is 5.40. The van der Waals surface area contributed by atoms with Gasteiger partial charge in [0.05, 0.1) is 5.69 Å². The maximum atomic E-state index is 11.6. The topological polar surface area (TPSA) is 54.0 Å². The number of amides is 1. The molecule has 1 aromatic rings. The third-order valence-electron chi connectivity index (χ3n) is 2.86. The molecule has 0 saturated heterocycles. The van der Waals surface area contributed by atoms with Gasteiger partial charge in [0.2, 0.25) is 5.91 Å². The first-order chi connectivity index (χ1) is 8.29. The molecule has 0 atom stereocenters. The molecule has 0 spiro atoms. The lowest BCUT2D eigenvalue weighted by Crippen LogP contribution is -2.22. The average molecular weight is 253 g/mol. The quantitative estimate of drug-likeness (QED) is 0.792. The number of rotatable bonds is 5. The number of nitrogens with zero attached hydrogens (tertiary/aromatic N) is 1. The van der Waals surface area contributed by atoms with Crippen LogP contribution in [0.3, 0.4) is 0 Å². The highest BCUT2D eigenvalue weighted by atomic mass is 32.1. The van der Waals surface area contributed by atoms with Gasteiger partial charge in [-0.1, -0.05) is 19.8 Å². The Morgan fingerprint density at radius 1 is 1.53 bits per heavy atom. The van der Waals surface area contributed by atoms with Gasteiger partial charge < -0.3 is 10.6 Å². The number of fused-ring (bicyclic) bond motifs is 1. The number of nitrogens with one attached hydrogen (secondary N) is 2. The van der Waals surface area contributed by atoms with Crippen molar-refractivity contribution >= 4 is 22.4 Å². The fraction of sp³-hybridized carbons (Fsp3) is 0.667. The lowest BCUT2D eigenvalue weighted by molar-refractivity contribution is -0.116. The molecule has 0 saturated carbocycles. The maximum Gasteiger partial charge on any atom is 0.226 e. The number of thiazole rings is 1. The zero-order valence-electron chi connectivity index (χ0n) is 10.2. The summed E-state index contributed by atoms with van der Waals surface area (Å²) in [6, 6.07) is 0. The van der Waals surface area contributed by atoms with Crippen LogP contribution in [0.5, 0.6) is 0 Å². The summed E-state index contributed by atoms with van der Waals surface area (Å²) in [7, 11) is 0. The van der Waals surface area contributed by atoms with Crippen molar-refractivity contribution in [2.24, 2.45) is 0 Å². The van der Waals surface area contributed by atoms with Crippen molar-refractivity contribution in [1.82, 2.24) is 10.3 Å². The molecule has 2 N–H and O–H groups in total. The third-order valence-corrected chi connectivity index (χ3v) is 3.87. The Hall–Kier alpha value is -0.940. The van der Waals surface area contributed by atoms with Crippen LogP contribution in [0.1, 0.15) is 43.2 Å². The monoisotopic (exact) mass is 253 g/mol. The van der Waals surface area contributed by atoms with Crippen LogP contribution in [0.4, 0.5) is 5.13 Å². The van der Waals surface area contributed by atoms with Gasteiger partial charge in [-0.2, -0.15) is 0 Å². The van der Waals surface area contributed by atoms with E-state index in [0.717, 1.165) is 49.6 Å². The third kappa shape index (κ3) is 3.51. The number of hydrogen-bond donors (Lipinski definition) is 2. The second-order valence-electron chi connectivity index (χ2n) is 4.32. The van der Waals surface area contributed by atoms with Crippen LogP contribution in [-0.2, 0) is 17.8 Å². The SMILES string of the molecule is CCCCCC(=O)Nc1nc2c(s1)CNCC2. The van der Waals surface area contributed by atoms with Gasteiger partial charge in [-0.05, 0) is 6.42 Å². The van der Waals surface area contributed by atoms with E-state index in [1.807, 2.05) is 0 Å². The summed E-state index contributed by atoms with van der Waals surface area (Å²) in [5.41, 5.74) is 1.15. The van der Waals surface area contributed by atoms with Crippen LogP contribution in [0.15, 0.2) is 0 Å². The summed E-state index contributed by atoms with van der Waals surface area (Å²) in [6.45, 7) is 4.01. The number of hydrogen-bond acceptors (Lipinski definition) is 4. The minimum Gasteiger partial charge on any atom is -0.311 e. The van der Waals surface area contributed by atoms with Crippen molar-refractivity contribution < 1.29 is 4.79 Å². The molecule has 0 fully saturated rings. The van der Waals surface area contributed by atoms with Gasteiger partial charge in [0.25, 0.3) is 0 Å². The summed E-state index contributed by atoms with van der Waals surface area (Å²) in [4.78, 5) is 17.4. The molecular weight excluding hydrogens is 234 g/mol. The van der Waals surface area contributed by atoms with Crippen LogP contribution in [0.25, 0.3) is 0 Å². The van der Waals surface area contributed by atoms with Crippen molar-refractivity contribution in [3.63, 3.8) is 0 Å². The summed E-state index contributed by atoms with van der Waals surface area (Å²) in [6.07, 6.45) is 4.80. The molecule has 2 heterocycles. The van der Waals surface area contributed by atoms with Crippen LogP contribution < -0.4 is 10.6 Å². The number of carbonyl (C=O) groups is 1. The predicted octanol–water partition coefficient (Wildman–Crippen LogP) is 2.31. The van der Waals surface area contributed by atoms with E-state index in [1.165, 1.54) is 4.88 Å². The van der Waals surface area contributed by atoms with Gasteiger partial charge in [0.15, 0.2) is 5.13 Å². The fourth-order valence-corrected chi connectivity index (χ4v) is 2.89. The average Bonchev–Trinajstić information content (AvgIpc) is 2.71. The predicted molar refractivity (Wildman–Crippen MR) is 70.3 cm³/mol. The maximum absolute atomic E-state index is 11.6. The Bertz CT molecular complexity index is 366. The Balaban J connectivity index is 1.86. The van der Waals surface area contributed by atoms with Crippen LogP contribution in [0.2, 0.25) is 0 Å². The number of aromatic nitrogens is 1. The molecular formula is C12H19N3OS. The molecule has 1 aliphatic rings. The van der Waals surface area contributed by atoms with Crippen molar-refractivity contribution in [2.75, 3.05) is 11.9 Å². The van der Waals surface area contributed by atoms with Gasteiger partial charge in [-0.15, -0.1) is 11.3 Å². The van der Waals surface area contributed by atoms with Gasteiger partial charge in [-0.25, -0.2) is 4.98 Å². The minimum absolute atomic E-state index is 0.0949. The zero-order chi connectivity index (χ0) is 12.1. The molecule has 0 bridgehead atoms. The summed E-state index contributed by atoms with van der Waals surface area (Å²) in [5.74, 6) is 0.0949. The highest BCUT2D eigenvalue weighted by Gasteiger charge is 2.15. The molecule has 1 amide bonds. The Labute approximate surface area is 106 Å². The summed E-state index contributed by atoms with van der Waals surface area (Å²) in [5, 5.41) is 6.97. The first kappa shape index (κ1) is 12.5. The molecule has 0 aromatic carbocycles. The number of carbonyl (C=O) groups excluding carboxylic acids is 1. The van der Waals surface area contributed by atoms with E-state index in [-0.39, 0.29) is 5.91 Å². The molecule has 0 radical (unpaired) electrons. The largest absolute Gasteiger partial charge is 0.311 e. The lowest BCUT2D eigenvalue weighted by Gasteiger charge is -2.09. The van der Waals surface area contributed by atoms with Crippen LogP contribution in [-0.4, -0.2) is 17.4 Å². The molecule has 0 aliphatic carbocycles. The van der Waals surface area contributed by atoms with Crippen molar-refractivity contribution in [2.45, 2.75) is 45.6 Å². The van der Waals surface area contributed by atoms with Gasteiger partial charge in [-0.3, -0.25) is 4.79 Å². The Morgan fingerprint density at radius 2 is 2.41 bits per heavy atom. The normalized spacial score (nSPS) is 14.4. The lowest BCUT2D eigenvalue weighted by atomic mass is 10.2. The van der Waals surface area contributed by atoms with E-state index in [0.29, 0.717) is 6.42 Å². The van der Waals surface area contributed by atoms with E-state index >= 15 is 0 Å². The molecule has 0 unspecified atom stereocenters. The number of anilines is 1. The van der Waals surface area contributed by atoms with E-state index in [9.17, 15) is 4.79 Å². The molecule has 1 aliphatic heterocycles. The summed E-state index contributed by atoms with van der Waals surface area (Å²) >= 11 is 1.60. The number of unbranched alkanes of at least 4 members (excludes halogenated alkanes) is 2. The van der Waals surface area contributed by atoms with E-state index in [4.69, 9.17) is 0 Å². The summed E-state index contributed by atoms with van der Waals surface area (Å²) < 4.78 is 0. The van der Waals surface area contributed by atoms with Gasteiger partial charge >= 0.3 is 0 Å². The minimum atomic E-state index is 0.0949. The van der Waals surface area contributed by atoms with Crippen LogP contribution in [0, 0.1) is 0 Å². The smallest absolute Gasteiger partial charge is 0.226 e.